The summed E-state index contributed by atoms with van der Waals surface area (Å²) in [5, 5.41) is 1.44. The lowest BCUT2D eigenvalue weighted by molar-refractivity contribution is 0.610. The molecule has 2 N–H and O–H groups in total. The molecule has 1 atom stereocenters. The maximum absolute atomic E-state index is 13.4. The van der Waals surface area contributed by atoms with Gasteiger partial charge in [-0.2, -0.15) is 0 Å². The van der Waals surface area contributed by atoms with E-state index in [2.05, 4.69) is 0 Å². The maximum atomic E-state index is 13.4. The van der Waals surface area contributed by atoms with Gasteiger partial charge in [0.25, 0.3) is 0 Å². The predicted molar refractivity (Wildman–Crippen MR) is 102 cm³/mol. The summed E-state index contributed by atoms with van der Waals surface area (Å²) in [4.78, 5) is 0.325. The van der Waals surface area contributed by atoms with Crippen LogP contribution in [-0.2, 0) is 9.46 Å². The molecule has 0 aliphatic heterocycles. The van der Waals surface area contributed by atoms with Gasteiger partial charge in [-0.1, -0.05) is 66.2 Å². The molecule has 3 aromatic rings. The summed E-state index contributed by atoms with van der Waals surface area (Å²) in [5.74, 6) is 0. The highest BCUT2D eigenvalue weighted by molar-refractivity contribution is 8.54. The van der Waals surface area contributed by atoms with Gasteiger partial charge in [-0.05, 0) is 30.4 Å². The Hall–Kier alpha value is -2.16. The quantitative estimate of drug-likeness (QED) is 0.576. The van der Waals surface area contributed by atoms with E-state index in [9.17, 15) is 8.42 Å². The van der Waals surface area contributed by atoms with Crippen molar-refractivity contribution < 1.29 is 8.42 Å². The van der Waals surface area contributed by atoms with Gasteiger partial charge in [0.05, 0.1) is 12.0 Å². The molecule has 0 aromatic heterocycles. The highest BCUT2D eigenvalue weighted by Gasteiger charge is 2.31. The number of para-hydroxylation sites is 1. The first-order chi connectivity index (χ1) is 11.5. The highest BCUT2D eigenvalue weighted by Crippen LogP contribution is 2.46. The van der Waals surface area contributed by atoms with E-state index < -0.39 is 16.6 Å². The fourth-order valence-corrected chi connectivity index (χ4v) is 8.41. The van der Waals surface area contributed by atoms with Crippen LogP contribution in [0.15, 0.2) is 83.8 Å². The topological polar surface area (TPSA) is 60.2 Å². The number of rotatable bonds is 4. The summed E-state index contributed by atoms with van der Waals surface area (Å²) < 4.78 is 26.7. The molecule has 0 amide bonds. The van der Waals surface area contributed by atoms with E-state index in [0.717, 1.165) is 10.9 Å². The summed E-state index contributed by atoms with van der Waals surface area (Å²) in [6.07, 6.45) is 0. The van der Waals surface area contributed by atoms with E-state index in [1.165, 1.54) is 0 Å². The van der Waals surface area contributed by atoms with Crippen molar-refractivity contribution in [1.29, 1.82) is 0 Å². The van der Waals surface area contributed by atoms with Gasteiger partial charge < -0.3 is 5.73 Å². The van der Waals surface area contributed by atoms with Crippen molar-refractivity contribution in [1.82, 2.24) is 0 Å². The molecular weight excluding hydrogens is 337 g/mol. The Balaban J connectivity index is 2.22. The third-order valence-electron chi connectivity index (χ3n) is 3.71. The Bertz CT molecular complexity index is 939. The number of aryl methyl sites for hydroxylation is 1. The van der Waals surface area contributed by atoms with Gasteiger partial charge in [0.2, 0.25) is 9.46 Å². The second-order valence-electron chi connectivity index (χ2n) is 5.48. The molecule has 0 saturated carbocycles. The van der Waals surface area contributed by atoms with Crippen LogP contribution in [0.5, 0.6) is 0 Å². The minimum Gasteiger partial charge on any atom is -0.398 e. The van der Waals surface area contributed by atoms with E-state index in [4.69, 9.17) is 5.73 Å². The lowest BCUT2D eigenvalue weighted by Crippen LogP contribution is -2.21. The number of hydrogen-bond acceptors (Lipinski definition) is 3. The average molecular weight is 355 g/mol. The Labute approximate surface area is 143 Å². The molecule has 0 aliphatic carbocycles. The highest BCUT2D eigenvalue weighted by atomic mass is 32.8. The fourth-order valence-electron chi connectivity index (χ4n) is 2.46. The van der Waals surface area contributed by atoms with Crippen molar-refractivity contribution in [3.63, 3.8) is 0 Å². The monoisotopic (exact) mass is 355 g/mol. The predicted octanol–water partition coefficient (Wildman–Crippen LogP) is 3.40. The van der Waals surface area contributed by atoms with Gasteiger partial charge in [-0.15, -0.1) is 0 Å². The second-order valence-corrected chi connectivity index (χ2v) is 11.0. The Morgan fingerprint density at radius 1 is 0.792 bits per heavy atom. The number of nitrogen functional groups attached to an aromatic ring is 1. The van der Waals surface area contributed by atoms with Crippen molar-refractivity contribution >= 4 is 32.9 Å². The number of anilines is 1. The lowest BCUT2D eigenvalue weighted by atomic mass is 10.2. The molecule has 0 saturated heterocycles. The SMILES string of the molecule is Cc1ccc(S(=O)(=O)P(c2ccccc2)c2ccccc2N)cc1. The first kappa shape index (κ1) is 16.7. The van der Waals surface area contributed by atoms with Crippen molar-refractivity contribution in [2.24, 2.45) is 0 Å². The third-order valence-corrected chi connectivity index (χ3v) is 9.96. The van der Waals surface area contributed by atoms with Crippen LogP contribution in [0.1, 0.15) is 5.56 Å². The van der Waals surface area contributed by atoms with Crippen LogP contribution in [-0.4, -0.2) is 8.42 Å². The third kappa shape index (κ3) is 3.21. The summed E-state index contributed by atoms with van der Waals surface area (Å²) >= 11 is 0. The van der Waals surface area contributed by atoms with Gasteiger partial charge in [-0.3, -0.25) is 0 Å². The average Bonchev–Trinajstić information content (AvgIpc) is 2.58. The molecule has 1 unspecified atom stereocenters. The molecule has 5 heteroatoms. The van der Waals surface area contributed by atoms with E-state index in [1.54, 1.807) is 24.3 Å². The van der Waals surface area contributed by atoms with Crippen LogP contribution >= 0.6 is 7.12 Å². The largest absolute Gasteiger partial charge is 0.398 e. The molecular formula is C19H18NO2PS. The zero-order valence-electron chi connectivity index (χ0n) is 13.3. The molecule has 0 spiro atoms. The maximum Gasteiger partial charge on any atom is 0.203 e. The zero-order valence-corrected chi connectivity index (χ0v) is 15.0. The van der Waals surface area contributed by atoms with Crippen LogP contribution in [0.3, 0.4) is 0 Å². The first-order valence-electron chi connectivity index (χ1n) is 7.52. The molecule has 3 nitrogen and oxygen atoms in total. The normalized spacial score (nSPS) is 12.7. The molecule has 0 radical (unpaired) electrons. The van der Waals surface area contributed by atoms with Crippen molar-refractivity contribution in [2.45, 2.75) is 11.8 Å². The molecule has 3 rings (SSSR count). The minimum atomic E-state index is -3.56. The lowest BCUT2D eigenvalue weighted by Gasteiger charge is -2.20. The Morgan fingerprint density at radius 2 is 1.38 bits per heavy atom. The van der Waals surface area contributed by atoms with Crippen molar-refractivity contribution in [2.75, 3.05) is 5.73 Å². The second kappa shape index (κ2) is 6.76. The molecule has 0 aliphatic rings. The van der Waals surface area contributed by atoms with Crippen LogP contribution in [0.2, 0.25) is 0 Å². The van der Waals surface area contributed by atoms with E-state index in [0.29, 0.717) is 15.9 Å². The Morgan fingerprint density at radius 3 is 2.00 bits per heavy atom. The van der Waals surface area contributed by atoms with E-state index >= 15 is 0 Å². The molecule has 0 heterocycles. The minimum absolute atomic E-state index is 0.325. The molecule has 24 heavy (non-hydrogen) atoms. The molecule has 122 valence electrons. The number of benzene rings is 3. The van der Waals surface area contributed by atoms with Gasteiger partial charge in [-0.25, -0.2) is 8.42 Å². The molecule has 0 fully saturated rings. The van der Waals surface area contributed by atoms with Crippen LogP contribution in [0, 0.1) is 6.92 Å². The Kier molecular flexibility index (Phi) is 4.70. The number of hydrogen-bond donors (Lipinski definition) is 1. The van der Waals surface area contributed by atoms with Crippen LogP contribution in [0.4, 0.5) is 5.69 Å². The summed E-state index contributed by atoms with van der Waals surface area (Å²) in [6.45, 7) is 1.94. The van der Waals surface area contributed by atoms with E-state index in [-0.39, 0.29) is 0 Å². The summed E-state index contributed by atoms with van der Waals surface area (Å²) in [7, 11) is -5.22. The smallest absolute Gasteiger partial charge is 0.203 e. The van der Waals surface area contributed by atoms with Gasteiger partial charge in [0, 0.05) is 11.0 Å². The van der Waals surface area contributed by atoms with Crippen molar-refractivity contribution in [3.05, 3.63) is 84.4 Å². The zero-order chi connectivity index (χ0) is 17.2. The molecule has 3 aromatic carbocycles. The van der Waals surface area contributed by atoms with Gasteiger partial charge >= 0.3 is 0 Å². The van der Waals surface area contributed by atoms with Crippen LogP contribution in [0.25, 0.3) is 0 Å². The molecule has 0 bridgehead atoms. The van der Waals surface area contributed by atoms with E-state index in [1.807, 2.05) is 61.5 Å². The number of nitrogens with two attached hydrogens (primary N) is 1. The first-order valence-corrected chi connectivity index (χ1v) is 10.9. The summed E-state index contributed by atoms with van der Waals surface area (Å²) in [6, 6.07) is 23.5. The standard InChI is InChI=1S/C19H18NO2PS/c1-15-11-13-17(14-12-15)24(21,22)23(16-7-3-2-4-8-16)19-10-6-5-9-18(19)20/h2-14H,20H2,1H3. The van der Waals surface area contributed by atoms with Gasteiger partial charge in [0.1, 0.15) is 0 Å². The van der Waals surface area contributed by atoms with Crippen molar-refractivity contribution in [3.8, 4) is 0 Å². The summed E-state index contributed by atoms with van der Waals surface area (Å²) in [5.41, 5.74) is 7.64. The van der Waals surface area contributed by atoms with Crippen LogP contribution < -0.4 is 16.3 Å². The fraction of sp³-hybridized carbons (Fsp3) is 0.0526. The van der Waals surface area contributed by atoms with Gasteiger partial charge in [0.15, 0.2) is 0 Å².